The van der Waals surface area contributed by atoms with Crippen LogP contribution in [-0.4, -0.2) is 28.4 Å². The van der Waals surface area contributed by atoms with Crippen LogP contribution in [0.2, 0.25) is 39.3 Å². The Morgan fingerprint density at radius 1 is 0.562 bits per heavy atom. The molecule has 172 valence electrons. The van der Waals surface area contributed by atoms with Gasteiger partial charge in [0.15, 0.2) is 0 Å². The second-order valence-corrected chi connectivity index (χ2v) is 23.1. The normalized spacial score (nSPS) is 12.1. The van der Waals surface area contributed by atoms with Gasteiger partial charge in [0.2, 0.25) is 0 Å². The van der Waals surface area contributed by atoms with Gasteiger partial charge in [-0.2, -0.15) is 22.9 Å². The van der Waals surface area contributed by atoms with E-state index in [0.717, 1.165) is 0 Å². The third-order valence-corrected chi connectivity index (χ3v) is 15.3. The first-order valence-electron chi connectivity index (χ1n) is 11.7. The Hall–Kier alpha value is -0.676. The molecule has 0 aliphatic rings. The summed E-state index contributed by atoms with van der Waals surface area (Å²) in [6.07, 6.45) is -0.460. The van der Waals surface area contributed by atoms with Crippen molar-refractivity contribution in [2.75, 3.05) is 0 Å². The van der Waals surface area contributed by atoms with Gasteiger partial charge >= 0.3 is 12.3 Å². The van der Waals surface area contributed by atoms with Crippen molar-refractivity contribution < 1.29 is 0 Å². The molecule has 0 amide bonds. The van der Waals surface area contributed by atoms with Gasteiger partial charge in [-0.15, -0.1) is 4.82 Å². The topological polar surface area (TPSA) is 0 Å². The molecule has 0 fully saturated rings. The summed E-state index contributed by atoms with van der Waals surface area (Å²) in [7, 11) is -3.39. The lowest BCUT2D eigenvalue weighted by Crippen LogP contribution is -2.50. The lowest BCUT2D eigenvalue weighted by atomic mass is 9.41. The van der Waals surface area contributed by atoms with E-state index >= 15 is 0 Å². The Morgan fingerprint density at radius 3 is 1.03 bits per heavy atom. The molecule has 0 atom stereocenters. The number of benzene rings is 2. The molecule has 2 aromatic carbocycles. The summed E-state index contributed by atoms with van der Waals surface area (Å²) < 4.78 is 0. The van der Waals surface area contributed by atoms with E-state index in [4.69, 9.17) is 22.9 Å². The van der Waals surface area contributed by atoms with Crippen LogP contribution in [0.3, 0.4) is 0 Å². The fraction of sp³-hybridized carbons (Fsp3) is 0.462. The highest BCUT2D eigenvalue weighted by Crippen LogP contribution is 2.33. The molecule has 0 aliphatic carbocycles. The van der Waals surface area contributed by atoms with E-state index in [1.54, 1.807) is 4.82 Å². The Bertz CT molecular complexity index is 919. The summed E-state index contributed by atoms with van der Waals surface area (Å²) in [6.45, 7) is 27.8. The lowest BCUT2D eigenvalue weighted by molar-refractivity contribution is 1.35. The fourth-order valence-corrected chi connectivity index (χ4v) is 18.8. The summed E-state index contributed by atoms with van der Waals surface area (Å²) in [4.78, 5) is 1.61. The predicted molar refractivity (Wildman–Crippen MR) is 158 cm³/mol. The molecular weight excluding hydrogens is 461 g/mol. The fourth-order valence-electron chi connectivity index (χ4n) is 5.87. The van der Waals surface area contributed by atoms with Crippen LogP contribution in [0.5, 0.6) is 0 Å². The van der Waals surface area contributed by atoms with Gasteiger partial charge in [0, 0.05) is 0 Å². The summed E-state index contributed by atoms with van der Waals surface area (Å²) in [6, 6.07) is 9.01. The molecular formula is C26H40B2Cl2Si2. The van der Waals surface area contributed by atoms with Crippen LogP contribution in [0.4, 0.5) is 0 Å². The monoisotopic (exact) mass is 500 g/mol. The van der Waals surface area contributed by atoms with Crippen LogP contribution in [0, 0.1) is 41.5 Å². The average Bonchev–Trinajstić information content (AvgIpc) is 2.54. The Kier molecular flexibility index (Phi) is 8.53. The van der Waals surface area contributed by atoms with Crippen molar-refractivity contribution in [2.24, 2.45) is 0 Å². The molecule has 0 heterocycles. The molecule has 0 aromatic heterocycles. The summed E-state index contributed by atoms with van der Waals surface area (Å²) >= 11 is 15.0. The highest BCUT2D eigenvalue weighted by atomic mass is 35.5. The number of hydrogen-bond acceptors (Lipinski definition) is 0. The van der Waals surface area contributed by atoms with Gasteiger partial charge in [-0.25, -0.2) is 0 Å². The van der Waals surface area contributed by atoms with Crippen molar-refractivity contribution in [3.8, 4) is 0 Å². The maximum absolute atomic E-state index is 7.52. The van der Waals surface area contributed by atoms with E-state index < -0.39 is 16.1 Å². The first-order chi connectivity index (χ1) is 14.5. The van der Waals surface area contributed by atoms with Crippen molar-refractivity contribution in [2.45, 2.75) is 80.8 Å². The molecule has 32 heavy (non-hydrogen) atoms. The summed E-state index contributed by atoms with van der Waals surface area (Å²) in [5.74, 6) is 0. The first-order valence-corrected chi connectivity index (χ1v) is 19.5. The van der Waals surface area contributed by atoms with Crippen molar-refractivity contribution in [3.63, 3.8) is 0 Å². The quantitative estimate of drug-likeness (QED) is 0.366. The maximum Gasteiger partial charge on any atom is 0.304 e. The highest BCUT2D eigenvalue weighted by Gasteiger charge is 2.42. The molecule has 0 saturated heterocycles. The molecule has 0 N–H and O–H groups in total. The van der Waals surface area contributed by atoms with Crippen molar-refractivity contribution in [1.29, 1.82) is 0 Å². The average molecular weight is 501 g/mol. The van der Waals surface area contributed by atoms with Gasteiger partial charge in [-0.3, -0.25) is 0 Å². The van der Waals surface area contributed by atoms with Gasteiger partial charge in [0.25, 0.3) is 0 Å². The number of aryl methyl sites for hydroxylation is 6. The van der Waals surface area contributed by atoms with Crippen molar-refractivity contribution in [1.82, 2.24) is 0 Å². The summed E-state index contributed by atoms with van der Waals surface area (Å²) in [5, 5.41) is 1.26. The molecule has 0 bridgehead atoms. The second-order valence-electron chi connectivity index (χ2n) is 11.7. The SMILES string of the molecule is Cc1cc(C)c(B(Cl)C(B(Cl)c2c(C)cc(C)cc2C)=C([Si](C)(C)C)[Si](C)(C)C)c(C)c1. The lowest BCUT2D eigenvalue weighted by Gasteiger charge is -2.37. The minimum absolute atomic E-state index is 0.230. The standard InChI is InChI=1S/C26H40B2Cl2Si2/c1-17-13-19(3)23(20(4)14-17)27(29)25(26(31(7,8)9)32(10,11)12)28(30)24-21(5)15-18(2)16-22(24)6/h13-16H,1-12H3. The minimum atomic E-state index is -1.70. The predicted octanol–water partition coefficient (Wildman–Crippen LogP) is 7.24. The third kappa shape index (κ3) is 5.87. The van der Waals surface area contributed by atoms with E-state index in [9.17, 15) is 0 Å². The molecule has 0 unspecified atom stereocenters. The molecule has 0 radical (unpaired) electrons. The van der Waals surface area contributed by atoms with Crippen LogP contribution >= 0.6 is 22.9 Å². The van der Waals surface area contributed by atoms with Gasteiger partial charge < -0.3 is 0 Å². The Balaban J connectivity index is 2.97. The van der Waals surface area contributed by atoms with Crippen LogP contribution in [-0.2, 0) is 0 Å². The molecule has 0 nitrogen and oxygen atoms in total. The van der Waals surface area contributed by atoms with Gasteiger partial charge in [-0.05, 0) is 41.5 Å². The van der Waals surface area contributed by atoms with Crippen LogP contribution in [0.15, 0.2) is 34.5 Å². The molecule has 2 aromatic rings. The zero-order valence-corrected chi connectivity index (χ0v) is 25.7. The Labute approximate surface area is 210 Å². The van der Waals surface area contributed by atoms with E-state index in [2.05, 4.69) is 105 Å². The molecule has 0 aliphatic heterocycles. The van der Waals surface area contributed by atoms with Crippen LogP contribution < -0.4 is 10.9 Å². The summed E-state index contributed by atoms with van der Waals surface area (Å²) in [5.41, 5.74) is 10.0. The van der Waals surface area contributed by atoms with Crippen LogP contribution in [0.1, 0.15) is 33.4 Å². The molecule has 0 saturated carbocycles. The van der Waals surface area contributed by atoms with Crippen molar-refractivity contribution in [3.05, 3.63) is 67.8 Å². The number of hydrogen-bond donors (Lipinski definition) is 0. The van der Waals surface area contributed by atoms with Gasteiger partial charge in [0.05, 0.1) is 16.1 Å². The van der Waals surface area contributed by atoms with Gasteiger partial charge in [-0.1, -0.05) is 113 Å². The van der Waals surface area contributed by atoms with Crippen LogP contribution in [0.25, 0.3) is 0 Å². The zero-order chi connectivity index (χ0) is 24.8. The first kappa shape index (κ1) is 27.6. The van der Waals surface area contributed by atoms with Crippen molar-refractivity contribution >= 4 is 62.2 Å². The second kappa shape index (κ2) is 9.90. The minimum Gasteiger partial charge on any atom is -0.183 e. The van der Waals surface area contributed by atoms with Gasteiger partial charge in [0.1, 0.15) is 0 Å². The van der Waals surface area contributed by atoms with E-state index in [1.165, 1.54) is 49.7 Å². The zero-order valence-electron chi connectivity index (χ0n) is 22.2. The Morgan fingerprint density at radius 2 is 0.812 bits per heavy atom. The van der Waals surface area contributed by atoms with E-state index in [0.29, 0.717) is 0 Å². The molecule has 6 heteroatoms. The molecule has 0 spiro atoms. The van der Waals surface area contributed by atoms with E-state index in [-0.39, 0.29) is 12.3 Å². The third-order valence-electron chi connectivity index (χ3n) is 6.32. The maximum atomic E-state index is 7.52. The highest BCUT2D eigenvalue weighted by molar-refractivity contribution is 7.35. The largest absolute Gasteiger partial charge is 0.304 e. The van der Waals surface area contributed by atoms with E-state index in [1.807, 2.05) is 0 Å². The number of rotatable bonds is 6. The number of halogens is 2. The smallest absolute Gasteiger partial charge is 0.183 e. The molecule has 2 rings (SSSR count).